The summed E-state index contributed by atoms with van der Waals surface area (Å²) in [6.45, 7) is 4.33. The van der Waals surface area contributed by atoms with Gasteiger partial charge in [0.2, 0.25) is 5.91 Å². The lowest BCUT2D eigenvalue weighted by atomic mass is 10.0. The third kappa shape index (κ3) is 9.16. The molecule has 0 radical (unpaired) electrons. The van der Waals surface area contributed by atoms with E-state index in [1.165, 1.54) is 32.4 Å². The maximum atomic E-state index is 14.2. The minimum absolute atomic E-state index is 0.00159. The van der Waals surface area contributed by atoms with Gasteiger partial charge < -0.3 is 40.7 Å². The summed E-state index contributed by atoms with van der Waals surface area (Å²) in [5.74, 6) is -3.53. The van der Waals surface area contributed by atoms with E-state index < -0.39 is 11.7 Å². The molecule has 0 saturated carbocycles. The van der Waals surface area contributed by atoms with Crippen molar-refractivity contribution in [3.05, 3.63) is 81.0 Å². The van der Waals surface area contributed by atoms with E-state index in [4.69, 9.17) is 24.9 Å². The normalized spacial score (nSPS) is 17.7. The van der Waals surface area contributed by atoms with Gasteiger partial charge in [-0.25, -0.2) is 5.48 Å². The molecule has 3 aromatic rings. The highest BCUT2D eigenvalue weighted by atomic mass is 32.1. The van der Waals surface area contributed by atoms with E-state index in [2.05, 4.69) is 11.1 Å². The maximum Gasteiger partial charge on any atom is 0.299 e. The van der Waals surface area contributed by atoms with E-state index in [0.29, 0.717) is 43.9 Å². The molecular formula is C32H41F2N5O6S. The first-order valence-electron chi connectivity index (χ1n) is 14.2. The van der Waals surface area contributed by atoms with E-state index in [-0.39, 0.29) is 29.5 Å². The molecule has 2 aromatic carbocycles. The Morgan fingerprint density at radius 2 is 1.78 bits per heavy atom. The van der Waals surface area contributed by atoms with E-state index >= 15 is 0 Å². The maximum absolute atomic E-state index is 14.2. The van der Waals surface area contributed by atoms with Gasteiger partial charge >= 0.3 is 0 Å². The van der Waals surface area contributed by atoms with Gasteiger partial charge in [0.15, 0.2) is 5.79 Å². The Morgan fingerprint density at radius 3 is 2.39 bits per heavy atom. The average molecular weight is 662 g/mol. The number of benzene rings is 2. The molecule has 0 bridgehead atoms. The molecule has 250 valence electrons. The quantitative estimate of drug-likeness (QED) is 0.151. The number of aldehydes is 1. The van der Waals surface area contributed by atoms with Crippen LogP contribution in [0, 0.1) is 5.41 Å². The second kappa shape index (κ2) is 18.4. The van der Waals surface area contributed by atoms with Crippen LogP contribution in [0.1, 0.15) is 33.6 Å². The summed E-state index contributed by atoms with van der Waals surface area (Å²) >= 11 is 1.55. The summed E-state index contributed by atoms with van der Waals surface area (Å²) in [6.07, 6.45) is 2.92. The number of carbonyl (C=O) groups excluding carboxylic acids is 3. The van der Waals surface area contributed by atoms with Crippen LogP contribution in [0.3, 0.4) is 0 Å². The van der Waals surface area contributed by atoms with Gasteiger partial charge in [0.1, 0.15) is 13.1 Å². The van der Waals surface area contributed by atoms with Crippen molar-refractivity contribution in [2.24, 2.45) is 5.73 Å². The van der Waals surface area contributed by atoms with Gasteiger partial charge in [0.05, 0.1) is 32.3 Å². The molecule has 11 nitrogen and oxygen atoms in total. The number of likely N-dealkylation sites (N-methyl/N-ethyl adjacent to an activating group) is 1. The third-order valence-electron chi connectivity index (χ3n) is 7.22. The van der Waals surface area contributed by atoms with E-state index in [1.807, 2.05) is 30.2 Å². The van der Waals surface area contributed by atoms with Gasteiger partial charge in [-0.15, -0.1) is 11.3 Å². The number of alkyl halides is 2. The number of carbonyl (C=O) groups is 3. The number of halogens is 2. The number of thiophene rings is 1. The molecule has 3 aliphatic rings. The van der Waals surface area contributed by atoms with Crippen molar-refractivity contribution in [2.45, 2.75) is 37.1 Å². The van der Waals surface area contributed by atoms with Crippen molar-refractivity contribution in [3.63, 3.8) is 0 Å². The highest BCUT2D eigenvalue weighted by molar-refractivity contribution is 7.10. The molecule has 1 aliphatic carbocycles. The number of nitrogens with two attached hydrogens (primary N) is 1. The lowest BCUT2D eigenvalue weighted by Crippen LogP contribution is -2.40. The fourth-order valence-electron chi connectivity index (χ4n) is 5.31. The first-order chi connectivity index (χ1) is 22.2. The van der Waals surface area contributed by atoms with Crippen LogP contribution >= 0.6 is 11.3 Å². The predicted octanol–water partition coefficient (Wildman–Crippen LogP) is 3.34. The number of nitrogens with one attached hydrogen (secondary N) is 3. The molecule has 2 aliphatic heterocycles. The van der Waals surface area contributed by atoms with Crippen LogP contribution in [0.15, 0.2) is 53.9 Å². The van der Waals surface area contributed by atoms with E-state index in [9.17, 15) is 18.4 Å². The van der Waals surface area contributed by atoms with Gasteiger partial charge in [-0.2, -0.15) is 8.78 Å². The molecule has 1 amide bonds. The lowest BCUT2D eigenvalue weighted by Gasteiger charge is -2.20. The Labute approximate surface area is 271 Å². The van der Waals surface area contributed by atoms with Crippen LogP contribution in [0.2, 0.25) is 0 Å². The number of fused-ring (bicyclic) bond motifs is 3. The molecule has 1 atom stereocenters. The zero-order chi connectivity index (χ0) is 34.3. The fraction of sp³-hybridized carbons (Fsp3) is 0.375. The van der Waals surface area contributed by atoms with Gasteiger partial charge in [0, 0.05) is 47.7 Å². The second-order valence-corrected chi connectivity index (χ2v) is 11.0. The van der Waals surface area contributed by atoms with Crippen LogP contribution in [0.25, 0.3) is 11.1 Å². The van der Waals surface area contributed by atoms with Crippen LogP contribution in [0.5, 0.6) is 0 Å². The average Bonchev–Trinajstić information content (AvgIpc) is 3.85. The van der Waals surface area contributed by atoms with Crippen LogP contribution in [-0.2, 0) is 42.7 Å². The Hall–Kier alpha value is -3.76. The Kier molecular flexibility index (Phi) is 15.4. The van der Waals surface area contributed by atoms with Crippen molar-refractivity contribution in [1.29, 1.82) is 5.41 Å². The molecule has 14 heteroatoms. The zero-order valence-electron chi connectivity index (χ0n) is 26.1. The number of ether oxygens (including phenoxy) is 2. The summed E-state index contributed by atoms with van der Waals surface area (Å²) in [5, 5.41) is 19.4. The molecule has 2 saturated heterocycles. The number of hydroxylamine groups is 1. The summed E-state index contributed by atoms with van der Waals surface area (Å²) in [5.41, 5.74) is 9.05. The van der Waals surface area contributed by atoms with Crippen molar-refractivity contribution in [3.8, 4) is 11.1 Å². The molecule has 2 fully saturated rings. The number of rotatable bonds is 6. The SMILES string of the molecule is C=O.CN.CN1CC2(CC1C(=O)NCc1cc(C=N)cs1)OCCO2.CNO.O=CCc1ccc2c(c1)-c1ccccc1C2(F)F. The van der Waals surface area contributed by atoms with Gasteiger partial charge in [-0.1, -0.05) is 42.5 Å². The van der Waals surface area contributed by atoms with Gasteiger partial charge in [-0.3, -0.25) is 9.69 Å². The molecule has 46 heavy (non-hydrogen) atoms. The van der Waals surface area contributed by atoms with Crippen molar-refractivity contribution in [1.82, 2.24) is 15.7 Å². The van der Waals surface area contributed by atoms with Gasteiger partial charge in [-0.05, 0) is 42.2 Å². The fourth-order valence-corrected chi connectivity index (χ4v) is 6.09. The smallest absolute Gasteiger partial charge is 0.299 e. The minimum atomic E-state index is -2.94. The largest absolute Gasteiger partial charge is 0.350 e. The van der Waals surface area contributed by atoms with Crippen molar-refractivity contribution >= 4 is 36.5 Å². The topological polar surface area (TPSA) is 167 Å². The molecule has 6 N–H and O–H groups in total. The number of likely N-dealkylation sites (tertiary alicyclic amines) is 1. The molecular weight excluding hydrogens is 620 g/mol. The van der Waals surface area contributed by atoms with Crippen molar-refractivity contribution in [2.75, 3.05) is 40.9 Å². The van der Waals surface area contributed by atoms with Crippen molar-refractivity contribution < 1.29 is 37.8 Å². The first-order valence-corrected chi connectivity index (χ1v) is 15.1. The highest BCUT2D eigenvalue weighted by Gasteiger charge is 2.49. The predicted molar refractivity (Wildman–Crippen MR) is 172 cm³/mol. The van der Waals surface area contributed by atoms with Crippen LogP contribution in [-0.4, -0.2) is 88.0 Å². The van der Waals surface area contributed by atoms with Gasteiger partial charge in [0.25, 0.3) is 5.92 Å². The standard InChI is InChI=1S/C15H10F2O.C14H19N3O3S.CH5NO.CH5N.CH2O/c16-15(17)13-4-2-1-3-11(13)12-9-10(7-8-18)5-6-14(12)15;1-17-9-14(19-2-3-20-14)5-12(17)13(18)16-7-11-4-10(6-15)8-21-11;1-2-3;2*1-2/h1-6,8-9H,7H2;4,6,8,12,15H,2-3,5,7,9H2,1H3,(H,16,18);2-3H,1H3;2H2,1H3;1H2. The minimum Gasteiger partial charge on any atom is -0.350 e. The zero-order valence-corrected chi connectivity index (χ0v) is 26.9. The van der Waals surface area contributed by atoms with Crippen LogP contribution in [0.4, 0.5) is 8.78 Å². The summed E-state index contributed by atoms with van der Waals surface area (Å²) in [4.78, 5) is 33.9. The lowest BCUT2D eigenvalue weighted by molar-refractivity contribution is -0.146. The summed E-state index contributed by atoms with van der Waals surface area (Å²) in [7, 11) is 4.85. The summed E-state index contributed by atoms with van der Waals surface area (Å²) < 4.78 is 39.7. The highest BCUT2D eigenvalue weighted by Crippen LogP contribution is 2.50. The Morgan fingerprint density at radius 1 is 1.15 bits per heavy atom. The Balaban J connectivity index is 0.000000270. The molecule has 1 spiro atoms. The Bertz CT molecular complexity index is 1430. The molecule has 1 aromatic heterocycles. The van der Waals surface area contributed by atoms with E-state index in [1.54, 1.807) is 47.1 Å². The monoisotopic (exact) mass is 661 g/mol. The second-order valence-electron chi connectivity index (χ2n) is 10.0. The number of nitrogens with zero attached hydrogens (tertiary/aromatic N) is 1. The molecule has 1 unspecified atom stereocenters. The van der Waals surface area contributed by atoms with E-state index in [0.717, 1.165) is 22.3 Å². The van der Waals surface area contributed by atoms with Crippen LogP contribution < -0.4 is 16.5 Å². The number of hydrogen-bond acceptors (Lipinski definition) is 11. The number of hydrogen-bond donors (Lipinski definition) is 5. The summed E-state index contributed by atoms with van der Waals surface area (Å²) in [6, 6.07) is 12.9. The first kappa shape index (κ1) is 38.4. The third-order valence-corrected chi connectivity index (χ3v) is 8.17. The number of amides is 1. The molecule has 6 rings (SSSR count). The molecule has 3 heterocycles.